The van der Waals surface area contributed by atoms with Gasteiger partial charge in [-0.05, 0) is 58.0 Å². The van der Waals surface area contributed by atoms with E-state index >= 15 is 0 Å². The number of guanidine groups is 1. The van der Waals surface area contributed by atoms with E-state index in [9.17, 15) is 4.39 Å². The molecule has 1 aliphatic heterocycles. The highest BCUT2D eigenvalue weighted by Crippen LogP contribution is 2.25. The topological polar surface area (TPSA) is 48.9 Å². The minimum Gasteiger partial charge on any atom is -0.381 e. The van der Waals surface area contributed by atoms with Crippen molar-refractivity contribution in [2.24, 2.45) is 4.99 Å². The Morgan fingerprint density at radius 3 is 2.60 bits per heavy atom. The fraction of sp³-hybridized carbons (Fsp3) is 0.632. The molecule has 0 aromatic heterocycles. The normalized spacial score (nSPS) is 18.9. The summed E-state index contributed by atoms with van der Waals surface area (Å²) in [4.78, 5) is 6.59. The first kappa shape index (κ1) is 19.7. The van der Waals surface area contributed by atoms with Gasteiger partial charge in [-0.3, -0.25) is 4.99 Å². The Kier molecular flexibility index (Phi) is 6.79. The highest BCUT2D eigenvalue weighted by molar-refractivity contribution is 5.80. The molecule has 5 nitrogen and oxygen atoms in total. The molecular weight excluding hydrogens is 319 g/mol. The van der Waals surface area contributed by atoms with Crippen LogP contribution in [0.25, 0.3) is 0 Å². The number of aliphatic imine (C=N–C) groups is 1. The predicted molar refractivity (Wildman–Crippen MR) is 101 cm³/mol. The molecular formula is C19H31FN4O. The van der Waals surface area contributed by atoms with Crippen LogP contribution < -0.4 is 10.6 Å². The molecule has 0 bridgehead atoms. The first-order valence-corrected chi connectivity index (χ1v) is 8.86. The number of rotatable bonds is 5. The van der Waals surface area contributed by atoms with Crippen molar-refractivity contribution in [1.29, 1.82) is 0 Å². The van der Waals surface area contributed by atoms with E-state index in [1.165, 1.54) is 0 Å². The Hall–Kier alpha value is -1.66. The van der Waals surface area contributed by atoms with Crippen LogP contribution in [0, 0.1) is 12.7 Å². The van der Waals surface area contributed by atoms with Crippen molar-refractivity contribution in [3.8, 4) is 0 Å². The summed E-state index contributed by atoms with van der Waals surface area (Å²) in [6, 6.07) is 5.30. The second-order valence-electron chi connectivity index (χ2n) is 7.03. The third-order valence-corrected chi connectivity index (χ3v) is 5.23. The monoisotopic (exact) mass is 350 g/mol. The van der Waals surface area contributed by atoms with Gasteiger partial charge in [0.1, 0.15) is 5.82 Å². The second kappa shape index (κ2) is 8.63. The van der Waals surface area contributed by atoms with Crippen molar-refractivity contribution in [2.45, 2.75) is 38.3 Å². The lowest BCUT2D eigenvalue weighted by Crippen LogP contribution is -2.57. The first-order chi connectivity index (χ1) is 11.9. The molecule has 1 atom stereocenters. The van der Waals surface area contributed by atoms with Gasteiger partial charge in [0.25, 0.3) is 0 Å². The van der Waals surface area contributed by atoms with E-state index in [4.69, 9.17) is 4.74 Å². The molecule has 1 aliphatic rings. The minimum atomic E-state index is -0.178. The summed E-state index contributed by atoms with van der Waals surface area (Å²) in [5, 5.41) is 6.78. The van der Waals surface area contributed by atoms with E-state index in [1.54, 1.807) is 20.0 Å². The number of ether oxygens (including phenoxy) is 1. The van der Waals surface area contributed by atoms with Crippen molar-refractivity contribution in [3.05, 3.63) is 35.1 Å². The van der Waals surface area contributed by atoms with Crippen LogP contribution in [-0.4, -0.2) is 57.3 Å². The summed E-state index contributed by atoms with van der Waals surface area (Å²) < 4.78 is 19.3. The molecule has 0 spiro atoms. The third-order valence-electron chi connectivity index (χ3n) is 5.23. The van der Waals surface area contributed by atoms with E-state index in [-0.39, 0.29) is 17.4 Å². The Labute approximate surface area is 150 Å². The molecule has 0 saturated carbocycles. The fourth-order valence-electron chi connectivity index (χ4n) is 3.14. The summed E-state index contributed by atoms with van der Waals surface area (Å²) in [7, 11) is 5.98. The number of aryl methyl sites for hydroxylation is 1. The van der Waals surface area contributed by atoms with Gasteiger partial charge in [-0.25, -0.2) is 4.39 Å². The summed E-state index contributed by atoms with van der Waals surface area (Å²) in [5.41, 5.74) is 1.63. The van der Waals surface area contributed by atoms with Gasteiger partial charge in [-0.2, -0.15) is 0 Å². The van der Waals surface area contributed by atoms with Crippen molar-refractivity contribution in [3.63, 3.8) is 0 Å². The number of hydrogen-bond donors (Lipinski definition) is 2. The van der Waals surface area contributed by atoms with Gasteiger partial charge < -0.3 is 20.3 Å². The van der Waals surface area contributed by atoms with Crippen LogP contribution in [0.15, 0.2) is 23.2 Å². The Balaban J connectivity index is 1.98. The van der Waals surface area contributed by atoms with Crippen LogP contribution in [0.2, 0.25) is 0 Å². The molecule has 6 heteroatoms. The lowest BCUT2D eigenvalue weighted by molar-refractivity contribution is -0.00502. The van der Waals surface area contributed by atoms with Crippen LogP contribution in [0.4, 0.5) is 4.39 Å². The SMILES string of the molecule is CN=C(NCC1(N(C)C)CCOCC1)NC(C)c1ccc(C)c(F)c1. The number of nitrogens with one attached hydrogen (secondary N) is 2. The smallest absolute Gasteiger partial charge is 0.191 e. The number of likely N-dealkylation sites (N-methyl/N-ethyl adjacent to an activating group) is 1. The molecule has 1 fully saturated rings. The molecule has 1 heterocycles. The van der Waals surface area contributed by atoms with Crippen molar-refractivity contribution >= 4 is 5.96 Å². The molecule has 0 radical (unpaired) electrons. The summed E-state index contributed by atoms with van der Waals surface area (Å²) in [6.07, 6.45) is 1.98. The van der Waals surface area contributed by atoms with Gasteiger partial charge in [0, 0.05) is 32.3 Å². The van der Waals surface area contributed by atoms with Gasteiger partial charge in [-0.1, -0.05) is 12.1 Å². The maximum atomic E-state index is 13.8. The molecule has 25 heavy (non-hydrogen) atoms. The summed E-state index contributed by atoms with van der Waals surface area (Å²) >= 11 is 0. The van der Waals surface area contributed by atoms with E-state index in [1.807, 2.05) is 19.1 Å². The first-order valence-electron chi connectivity index (χ1n) is 8.86. The lowest BCUT2D eigenvalue weighted by atomic mass is 9.88. The van der Waals surface area contributed by atoms with E-state index < -0.39 is 0 Å². The number of benzene rings is 1. The second-order valence-corrected chi connectivity index (χ2v) is 7.03. The highest BCUT2D eigenvalue weighted by Gasteiger charge is 2.34. The van der Waals surface area contributed by atoms with Crippen molar-refractivity contribution in [1.82, 2.24) is 15.5 Å². The van der Waals surface area contributed by atoms with Crippen LogP contribution in [-0.2, 0) is 4.74 Å². The average Bonchev–Trinajstić information content (AvgIpc) is 2.61. The summed E-state index contributed by atoms with van der Waals surface area (Å²) in [5.74, 6) is 0.545. The number of halogens is 1. The third kappa shape index (κ3) is 4.92. The van der Waals surface area contributed by atoms with Crippen molar-refractivity contribution in [2.75, 3.05) is 40.9 Å². The zero-order valence-electron chi connectivity index (χ0n) is 16.0. The van der Waals surface area contributed by atoms with Crippen LogP contribution in [0.5, 0.6) is 0 Å². The Morgan fingerprint density at radius 2 is 2.04 bits per heavy atom. The van der Waals surface area contributed by atoms with Gasteiger partial charge in [0.2, 0.25) is 0 Å². The standard InChI is InChI=1S/C19H31FN4O/c1-14-6-7-16(12-17(14)20)15(2)23-18(21-3)22-13-19(24(4)5)8-10-25-11-9-19/h6-7,12,15H,8-11,13H2,1-5H3,(H2,21,22,23). The van der Waals surface area contributed by atoms with Gasteiger partial charge in [0.05, 0.1) is 6.04 Å². The lowest BCUT2D eigenvalue weighted by Gasteiger charge is -2.43. The average molecular weight is 350 g/mol. The molecule has 0 aliphatic carbocycles. The molecule has 1 saturated heterocycles. The molecule has 2 rings (SSSR count). The van der Waals surface area contributed by atoms with E-state index in [0.717, 1.165) is 44.1 Å². The Morgan fingerprint density at radius 1 is 1.36 bits per heavy atom. The molecule has 2 N–H and O–H groups in total. The van der Waals surface area contributed by atoms with Crippen molar-refractivity contribution < 1.29 is 9.13 Å². The van der Waals surface area contributed by atoms with E-state index in [2.05, 4.69) is 34.6 Å². The zero-order chi connectivity index (χ0) is 18.4. The quantitative estimate of drug-likeness (QED) is 0.633. The molecule has 140 valence electrons. The predicted octanol–water partition coefficient (Wildman–Crippen LogP) is 2.47. The fourth-order valence-corrected chi connectivity index (χ4v) is 3.14. The summed E-state index contributed by atoms with van der Waals surface area (Å²) in [6.45, 7) is 6.13. The molecule has 1 aromatic carbocycles. The van der Waals surface area contributed by atoms with Crippen LogP contribution >= 0.6 is 0 Å². The van der Waals surface area contributed by atoms with E-state index in [0.29, 0.717) is 5.56 Å². The minimum absolute atomic E-state index is 0.0358. The zero-order valence-corrected chi connectivity index (χ0v) is 16.0. The van der Waals surface area contributed by atoms with Gasteiger partial charge >= 0.3 is 0 Å². The Bertz CT molecular complexity index is 597. The highest BCUT2D eigenvalue weighted by atomic mass is 19.1. The van der Waals surface area contributed by atoms with Crippen LogP contribution in [0.3, 0.4) is 0 Å². The molecule has 0 amide bonds. The molecule has 1 unspecified atom stereocenters. The molecule has 1 aromatic rings. The van der Waals surface area contributed by atoms with Gasteiger partial charge in [-0.15, -0.1) is 0 Å². The van der Waals surface area contributed by atoms with Gasteiger partial charge in [0.15, 0.2) is 5.96 Å². The number of nitrogens with zero attached hydrogens (tertiary/aromatic N) is 2. The maximum absolute atomic E-state index is 13.8. The van der Waals surface area contributed by atoms with Crippen LogP contribution in [0.1, 0.15) is 36.9 Å². The maximum Gasteiger partial charge on any atom is 0.191 e. The largest absolute Gasteiger partial charge is 0.381 e. The number of hydrogen-bond acceptors (Lipinski definition) is 3.